The zero-order valence-corrected chi connectivity index (χ0v) is 8.05. The monoisotopic (exact) mass is 166 g/mol. The Bertz CT molecular complexity index is 197. The van der Waals surface area contributed by atoms with E-state index in [9.17, 15) is 4.79 Å². The summed E-state index contributed by atoms with van der Waals surface area (Å²) in [6, 6.07) is 0. The molecule has 0 amide bonds. The van der Waals surface area contributed by atoms with Crippen molar-refractivity contribution < 1.29 is 4.79 Å². The van der Waals surface area contributed by atoms with Gasteiger partial charge in [0.1, 0.15) is 5.78 Å². The van der Waals surface area contributed by atoms with E-state index in [-0.39, 0.29) is 0 Å². The van der Waals surface area contributed by atoms with Crippen molar-refractivity contribution in [1.29, 1.82) is 0 Å². The van der Waals surface area contributed by atoms with Crippen LogP contribution in [0.1, 0.15) is 39.5 Å². The van der Waals surface area contributed by atoms with Gasteiger partial charge in [-0.2, -0.15) is 0 Å². The van der Waals surface area contributed by atoms with Gasteiger partial charge < -0.3 is 0 Å². The third-order valence-electron chi connectivity index (χ3n) is 3.96. The molecule has 0 aromatic rings. The van der Waals surface area contributed by atoms with Crippen LogP contribution in [-0.2, 0) is 4.79 Å². The van der Waals surface area contributed by atoms with E-state index in [0.29, 0.717) is 17.6 Å². The molecule has 12 heavy (non-hydrogen) atoms. The highest BCUT2D eigenvalue weighted by atomic mass is 16.1. The molecule has 2 aliphatic rings. The molecule has 0 spiro atoms. The minimum absolute atomic E-state index is 0.358. The molecule has 4 atom stereocenters. The van der Waals surface area contributed by atoms with Gasteiger partial charge in [0.05, 0.1) is 0 Å². The maximum atomic E-state index is 11.8. The zero-order valence-electron chi connectivity index (χ0n) is 8.05. The second-order valence-electron chi connectivity index (χ2n) is 4.71. The van der Waals surface area contributed by atoms with Crippen molar-refractivity contribution in [3.05, 3.63) is 0 Å². The Balaban J connectivity index is 2.14. The van der Waals surface area contributed by atoms with E-state index < -0.39 is 0 Å². The maximum absolute atomic E-state index is 11.8. The average molecular weight is 166 g/mol. The Hall–Kier alpha value is -0.330. The first-order valence-electron chi connectivity index (χ1n) is 5.24. The van der Waals surface area contributed by atoms with Gasteiger partial charge in [0.2, 0.25) is 0 Å². The normalized spacial score (nSPS) is 47.7. The number of carbonyl (C=O) groups excluding carboxylic acids is 1. The van der Waals surface area contributed by atoms with Crippen LogP contribution in [0.15, 0.2) is 0 Å². The Labute approximate surface area is 74.5 Å². The molecule has 2 rings (SSSR count). The van der Waals surface area contributed by atoms with Gasteiger partial charge in [-0.15, -0.1) is 0 Å². The summed E-state index contributed by atoms with van der Waals surface area (Å²) in [6.45, 7) is 4.41. The van der Waals surface area contributed by atoms with Crippen LogP contribution < -0.4 is 0 Å². The van der Waals surface area contributed by atoms with E-state index in [2.05, 4.69) is 13.8 Å². The van der Waals surface area contributed by atoms with Crippen LogP contribution >= 0.6 is 0 Å². The van der Waals surface area contributed by atoms with E-state index in [1.807, 2.05) is 0 Å². The molecule has 0 aromatic carbocycles. The molecule has 68 valence electrons. The highest BCUT2D eigenvalue weighted by Crippen LogP contribution is 2.45. The Morgan fingerprint density at radius 2 is 1.83 bits per heavy atom. The quantitative estimate of drug-likeness (QED) is 0.540. The van der Waals surface area contributed by atoms with Crippen molar-refractivity contribution in [2.75, 3.05) is 0 Å². The Morgan fingerprint density at radius 3 is 2.58 bits per heavy atom. The summed E-state index contributed by atoms with van der Waals surface area (Å²) in [4.78, 5) is 11.8. The molecule has 2 saturated carbocycles. The van der Waals surface area contributed by atoms with Crippen LogP contribution in [0, 0.1) is 23.7 Å². The number of fused-ring (bicyclic) bond motifs is 1. The predicted octanol–water partition coefficient (Wildman–Crippen LogP) is 2.65. The standard InChI is InChI=1S/C11H18O/c1-7-3-6-10-9(7)5-4-8(2)11(10)12/h7-10H,3-6H2,1-2H3. The summed E-state index contributed by atoms with van der Waals surface area (Å²) in [6.07, 6.45) is 4.91. The highest BCUT2D eigenvalue weighted by Gasteiger charge is 2.42. The molecule has 0 heterocycles. The highest BCUT2D eigenvalue weighted by molar-refractivity contribution is 5.84. The van der Waals surface area contributed by atoms with Crippen molar-refractivity contribution in [3.8, 4) is 0 Å². The van der Waals surface area contributed by atoms with Gasteiger partial charge in [0.15, 0.2) is 0 Å². The minimum Gasteiger partial charge on any atom is -0.299 e. The molecule has 1 heteroatoms. The van der Waals surface area contributed by atoms with Crippen LogP contribution in [0.4, 0.5) is 0 Å². The fourth-order valence-electron chi connectivity index (χ4n) is 3.06. The molecular formula is C11H18O. The van der Waals surface area contributed by atoms with E-state index >= 15 is 0 Å². The van der Waals surface area contributed by atoms with Gasteiger partial charge in [-0.1, -0.05) is 13.8 Å². The smallest absolute Gasteiger partial charge is 0.139 e. The Morgan fingerprint density at radius 1 is 1.08 bits per heavy atom. The number of ketones is 1. The lowest BCUT2D eigenvalue weighted by Crippen LogP contribution is -2.32. The molecule has 2 aliphatic carbocycles. The van der Waals surface area contributed by atoms with Gasteiger partial charge in [0.25, 0.3) is 0 Å². The minimum atomic E-state index is 0.358. The van der Waals surface area contributed by atoms with E-state index in [1.54, 1.807) is 0 Å². The molecule has 2 fully saturated rings. The molecule has 0 bridgehead atoms. The first-order valence-corrected chi connectivity index (χ1v) is 5.24. The molecular weight excluding hydrogens is 148 g/mol. The van der Waals surface area contributed by atoms with Crippen molar-refractivity contribution in [3.63, 3.8) is 0 Å². The van der Waals surface area contributed by atoms with Gasteiger partial charge in [0, 0.05) is 11.8 Å². The molecule has 0 aliphatic heterocycles. The van der Waals surface area contributed by atoms with Crippen molar-refractivity contribution in [2.45, 2.75) is 39.5 Å². The number of hydrogen-bond donors (Lipinski definition) is 0. The summed E-state index contributed by atoms with van der Waals surface area (Å²) in [5.74, 6) is 2.93. The zero-order chi connectivity index (χ0) is 8.72. The topological polar surface area (TPSA) is 17.1 Å². The van der Waals surface area contributed by atoms with Gasteiger partial charge in [-0.3, -0.25) is 4.79 Å². The van der Waals surface area contributed by atoms with Crippen LogP contribution in [0.25, 0.3) is 0 Å². The molecule has 0 radical (unpaired) electrons. The largest absolute Gasteiger partial charge is 0.299 e. The Kier molecular flexibility index (Phi) is 1.97. The number of hydrogen-bond acceptors (Lipinski definition) is 1. The van der Waals surface area contributed by atoms with E-state index in [0.717, 1.165) is 18.3 Å². The summed E-state index contributed by atoms with van der Waals surface area (Å²) in [5.41, 5.74) is 0. The van der Waals surface area contributed by atoms with Crippen molar-refractivity contribution in [1.82, 2.24) is 0 Å². The average Bonchev–Trinajstić information content (AvgIpc) is 2.41. The number of Topliss-reactive ketones (excluding diaryl/α,β-unsaturated/α-hetero) is 1. The van der Waals surface area contributed by atoms with Crippen LogP contribution in [0.5, 0.6) is 0 Å². The van der Waals surface area contributed by atoms with Crippen LogP contribution in [0.2, 0.25) is 0 Å². The van der Waals surface area contributed by atoms with E-state index in [4.69, 9.17) is 0 Å². The van der Waals surface area contributed by atoms with Gasteiger partial charge in [-0.05, 0) is 37.5 Å². The lowest BCUT2D eigenvalue weighted by molar-refractivity contribution is -0.130. The third-order valence-corrected chi connectivity index (χ3v) is 3.96. The van der Waals surface area contributed by atoms with Gasteiger partial charge >= 0.3 is 0 Å². The summed E-state index contributed by atoms with van der Waals surface area (Å²) in [5, 5.41) is 0. The lowest BCUT2D eigenvalue weighted by atomic mass is 9.73. The maximum Gasteiger partial charge on any atom is 0.139 e. The fraction of sp³-hybridized carbons (Fsp3) is 0.909. The molecule has 0 aromatic heterocycles. The van der Waals surface area contributed by atoms with Crippen molar-refractivity contribution >= 4 is 5.78 Å². The third kappa shape index (κ3) is 1.10. The molecule has 1 nitrogen and oxygen atoms in total. The van der Waals surface area contributed by atoms with Crippen LogP contribution in [0.3, 0.4) is 0 Å². The molecule has 4 unspecified atom stereocenters. The number of rotatable bonds is 0. The fourth-order valence-corrected chi connectivity index (χ4v) is 3.06. The number of carbonyl (C=O) groups is 1. The first-order chi connectivity index (χ1) is 5.70. The molecule has 0 saturated heterocycles. The summed E-state index contributed by atoms with van der Waals surface area (Å²) in [7, 11) is 0. The summed E-state index contributed by atoms with van der Waals surface area (Å²) < 4.78 is 0. The van der Waals surface area contributed by atoms with E-state index in [1.165, 1.54) is 19.3 Å². The SMILES string of the molecule is CC1CCC2C(C)CCC2C1=O. The lowest BCUT2D eigenvalue weighted by Gasteiger charge is -2.30. The van der Waals surface area contributed by atoms with Gasteiger partial charge in [-0.25, -0.2) is 0 Å². The second-order valence-corrected chi connectivity index (χ2v) is 4.71. The second kappa shape index (κ2) is 2.86. The van der Waals surface area contributed by atoms with Crippen molar-refractivity contribution in [2.24, 2.45) is 23.7 Å². The van der Waals surface area contributed by atoms with Crippen LogP contribution in [-0.4, -0.2) is 5.78 Å². The summed E-state index contributed by atoms with van der Waals surface area (Å²) >= 11 is 0. The first kappa shape index (κ1) is 8.28. The predicted molar refractivity (Wildman–Crippen MR) is 48.8 cm³/mol. The molecule has 0 N–H and O–H groups in total.